The van der Waals surface area contributed by atoms with Gasteiger partial charge in [0, 0.05) is 25.0 Å². The molecule has 0 aromatic carbocycles. The standard InChI is InChI=1S/C26H48O4/c1-26(2,19-28)17-7-6-10-21-12-14-23(25(21)30)16-15-22-13-11-20(24(22)29)9-5-3-4-8-18-27/h15-16,20-25,27-30H,3-14,17-19H2,1-2H3/b16-15-. The molecule has 0 bridgehead atoms. The molecule has 0 aromatic heterocycles. The van der Waals surface area contributed by atoms with Crippen LogP contribution in [0.5, 0.6) is 0 Å². The van der Waals surface area contributed by atoms with Crippen molar-refractivity contribution in [3.05, 3.63) is 12.2 Å². The van der Waals surface area contributed by atoms with E-state index in [1.807, 2.05) is 0 Å². The van der Waals surface area contributed by atoms with Crippen LogP contribution in [0.3, 0.4) is 0 Å². The van der Waals surface area contributed by atoms with Gasteiger partial charge < -0.3 is 20.4 Å². The fourth-order valence-corrected chi connectivity index (χ4v) is 5.49. The lowest BCUT2D eigenvalue weighted by Crippen LogP contribution is -2.22. The minimum Gasteiger partial charge on any atom is -0.396 e. The molecule has 0 aliphatic heterocycles. The van der Waals surface area contributed by atoms with E-state index >= 15 is 0 Å². The highest BCUT2D eigenvalue weighted by molar-refractivity contribution is 5.04. The normalized spacial score (nSPS) is 32.5. The number of aliphatic hydroxyl groups is 4. The van der Waals surface area contributed by atoms with Gasteiger partial charge in [0.05, 0.1) is 12.2 Å². The van der Waals surface area contributed by atoms with Crippen molar-refractivity contribution < 1.29 is 20.4 Å². The number of aliphatic hydroxyl groups excluding tert-OH is 4. The van der Waals surface area contributed by atoms with E-state index < -0.39 is 0 Å². The van der Waals surface area contributed by atoms with Gasteiger partial charge in [-0.1, -0.05) is 58.1 Å². The minimum absolute atomic E-state index is 0.0129. The van der Waals surface area contributed by atoms with Gasteiger partial charge in [-0.05, 0) is 68.6 Å². The summed E-state index contributed by atoms with van der Waals surface area (Å²) in [5, 5.41) is 39.7. The third kappa shape index (κ3) is 8.26. The van der Waals surface area contributed by atoms with Crippen LogP contribution >= 0.6 is 0 Å². The highest BCUT2D eigenvalue weighted by atomic mass is 16.3. The molecule has 6 atom stereocenters. The van der Waals surface area contributed by atoms with Crippen LogP contribution in [-0.4, -0.2) is 45.8 Å². The van der Waals surface area contributed by atoms with Crippen molar-refractivity contribution in [2.75, 3.05) is 13.2 Å². The van der Waals surface area contributed by atoms with Gasteiger partial charge in [-0.15, -0.1) is 0 Å². The third-order valence-electron chi connectivity index (χ3n) is 7.78. The molecule has 0 amide bonds. The molecule has 0 radical (unpaired) electrons. The molecule has 2 aliphatic carbocycles. The molecule has 4 heteroatoms. The van der Waals surface area contributed by atoms with Gasteiger partial charge in [-0.25, -0.2) is 0 Å². The molecular weight excluding hydrogens is 376 g/mol. The van der Waals surface area contributed by atoms with Crippen LogP contribution in [0.4, 0.5) is 0 Å². The Hall–Kier alpha value is -0.420. The third-order valence-corrected chi connectivity index (χ3v) is 7.78. The van der Waals surface area contributed by atoms with Crippen LogP contribution in [0.25, 0.3) is 0 Å². The molecule has 30 heavy (non-hydrogen) atoms. The predicted molar refractivity (Wildman–Crippen MR) is 123 cm³/mol. The molecule has 0 saturated heterocycles. The van der Waals surface area contributed by atoms with Gasteiger partial charge in [0.1, 0.15) is 0 Å². The van der Waals surface area contributed by atoms with Crippen molar-refractivity contribution in [3.63, 3.8) is 0 Å². The molecule has 6 unspecified atom stereocenters. The maximum Gasteiger partial charge on any atom is 0.0630 e. The Morgan fingerprint density at radius 1 is 0.700 bits per heavy atom. The summed E-state index contributed by atoms with van der Waals surface area (Å²) in [4.78, 5) is 0. The molecule has 4 nitrogen and oxygen atoms in total. The summed E-state index contributed by atoms with van der Waals surface area (Å²) in [6.07, 6.45) is 18.0. The van der Waals surface area contributed by atoms with E-state index in [0.717, 1.165) is 83.5 Å². The maximum atomic E-state index is 10.8. The topological polar surface area (TPSA) is 80.9 Å². The molecule has 2 aliphatic rings. The summed E-state index contributed by atoms with van der Waals surface area (Å²) in [7, 11) is 0. The second-order valence-electron chi connectivity index (χ2n) is 10.9. The van der Waals surface area contributed by atoms with Crippen LogP contribution in [0.2, 0.25) is 0 Å². The Morgan fingerprint density at radius 3 is 1.70 bits per heavy atom. The van der Waals surface area contributed by atoms with Crippen LogP contribution in [0, 0.1) is 29.1 Å². The predicted octanol–water partition coefficient (Wildman–Crippen LogP) is 4.84. The first kappa shape index (κ1) is 25.8. The minimum atomic E-state index is -0.243. The average molecular weight is 425 g/mol. The highest BCUT2D eigenvalue weighted by Gasteiger charge is 2.35. The fraction of sp³-hybridized carbons (Fsp3) is 0.923. The van der Waals surface area contributed by atoms with E-state index in [4.69, 9.17) is 5.11 Å². The van der Waals surface area contributed by atoms with Gasteiger partial charge in [0.25, 0.3) is 0 Å². The Kier molecular flexibility index (Phi) is 11.4. The number of hydrogen-bond donors (Lipinski definition) is 4. The van der Waals surface area contributed by atoms with Crippen molar-refractivity contribution >= 4 is 0 Å². The van der Waals surface area contributed by atoms with E-state index in [1.165, 1.54) is 0 Å². The maximum absolute atomic E-state index is 10.8. The van der Waals surface area contributed by atoms with E-state index in [0.29, 0.717) is 11.8 Å². The van der Waals surface area contributed by atoms with Crippen LogP contribution in [0.1, 0.15) is 97.3 Å². The summed E-state index contributed by atoms with van der Waals surface area (Å²) >= 11 is 0. The highest BCUT2D eigenvalue weighted by Crippen LogP contribution is 2.39. The summed E-state index contributed by atoms with van der Waals surface area (Å²) in [6, 6.07) is 0. The lowest BCUT2D eigenvalue weighted by atomic mass is 9.86. The molecule has 0 heterocycles. The lowest BCUT2D eigenvalue weighted by molar-refractivity contribution is 0.0958. The van der Waals surface area contributed by atoms with Gasteiger partial charge in [-0.3, -0.25) is 0 Å². The zero-order chi connectivity index (χ0) is 22.0. The SMILES string of the molecule is CC(C)(CO)CCCCC1CCC(/C=C\C2CCC(CCCCCCO)C2O)C1O. The summed E-state index contributed by atoms with van der Waals surface area (Å²) < 4.78 is 0. The first-order chi connectivity index (χ1) is 14.4. The Labute approximate surface area is 184 Å². The Morgan fingerprint density at radius 2 is 1.20 bits per heavy atom. The van der Waals surface area contributed by atoms with Crippen molar-refractivity contribution in [3.8, 4) is 0 Å². The summed E-state index contributed by atoms with van der Waals surface area (Å²) in [6.45, 7) is 4.74. The quantitative estimate of drug-likeness (QED) is 0.238. The smallest absolute Gasteiger partial charge is 0.0630 e. The molecule has 2 rings (SSSR count). The van der Waals surface area contributed by atoms with E-state index in [-0.39, 0.29) is 42.7 Å². The summed E-state index contributed by atoms with van der Waals surface area (Å²) in [5.74, 6) is 1.31. The second kappa shape index (κ2) is 13.2. The van der Waals surface area contributed by atoms with Gasteiger partial charge >= 0.3 is 0 Å². The monoisotopic (exact) mass is 424 g/mol. The molecular formula is C26H48O4. The van der Waals surface area contributed by atoms with Crippen molar-refractivity contribution in [1.29, 1.82) is 0 Å². The van der Waals surface area contributed by atoms with Crippen LogP contribution in [-0.2, 0) is 0 Å². The summed E-state index contributed by atoms with van der Waals surface area (Å²) in [5.41, 5.74) is 0.0129. The average Bonchev–Trinajstić information content (AvgIpc) is 3.26. The van der Waals surface area contributed by atoms with Gasteiger partial charge in [0.2, 0.25) is 0 Å². The Balaban J connectivity index is 1.67. The lowest BCUT2D eigenvalue weighted by Gasteiger charge is -2.22. The first-order valence-electron chi connectivity index (χ1n) is 12.6. The van der Waals surface area contributed by atoms with Crippen molar-refractivity contribution in [1.82, 2.24) is 0 Å². The van der Waals surface area contributed by atoms with Crippen LogP contribution in [0.15, 0.2) is 12.2 Å². The van der Waals surface area contributed by atoms with E-state index in [1.54, 1.807) is 0 Å². The molecule has 2 fully saturated rings. The molecule has 0 spiro atoms. The van der Waals surface area contributed by atoms with Gasteiger partial charge in [0.15, 0.2) is 0 Å². The first-order valence-corrected chi connectivity index (χ1v) is 12.6. The van der Waals surface area contributed by atoms with E-state index in [2.05, 4.69) is 26.0 Å². The molecule has 0 aromatic rings. The zero-order valence-corrected chi connectivity index (χ0v) is 19.5. The zero-order valence-electron chi connectivity index (χ0n) is 19.5. The van der Waals surface area contributed by atoms with Crippen molar-refractivity contribution in [2.24, 2.45) is 29.1 Å². The molecule has 4 N–H and O–H groups in total. The molecule has 176 valence electrons. The van der Waals surface area contributed by atoms with Gasteiger partial charge in [-0.2, -0.15) is 0 Å². The largest absolute Gasteiger partial charge is 0.396 e. The number of rotatable bonds is 14. The Bertz CT molecular complexity index is 489. The number of unbranched alkanes of at least 4 members (excludes halogenated alkanes) is 4. The fourth-order valence-electron chi connectivity index (χ4n) is 5.49. The van der Waals surface area contributed by atoms with Crippen molar-refractivity contribution in [2.45, 2.75) is 110 Å². The van der Waals surface area contributed by atoms with E-state index in [9.17, 15) is 15.3 Å². The second-order valence-corrected chi connectivity index (χ2v) is 10.9. The molecule has 2 saturated carbocycles. The van der Waals surface area contributed by atoms with Crippen LogP contribution < -0.4 is 0 Å². The number of hydrogen-bond acceptors (Lipinski definition) is 4.